The number of carbonyl (C=O) groups is 2. The molecule has 0 radical (unpaired) electrons. The molecule has 1 saturated heterocycles. The van der Waals surface area contributed by atoms with Gasteiger partial charge in [0.1, 0.15) is 17.7 Å². The van der Waals surface area contributed by atoms with E-state index in [1.807, 2.05) is 0 Å². The summed E-state index contributed by atoms with van der Waals surface area (Å²) in [5, 5.41) is 0.335. The van der Waals surface area contributed by atoms with E-state index >= 15 is 0 Å². The number of nitrogens with two attached hydrogens (primary N) is 1. The van der Waals surface area contributed by atoms with Gasteiger partial charge >= 0.3 is 11.8 Å². The number of benzene rings is 1. The van der Waals surface area contributed by atoms with Crippen LogP contribution in [0.25, 0.3) is 0 Å². The minimum absolute atomic E-state index is 0.175. The smallest absolute Gasteiger partial charge is 0.311 e. The highest BCUT2D eigenvalue weighted by atomic mass is 35.5. The first-order valence-corrected chi connectivity index (χ1v) is 6.55. The van der Waals surface area contributed by atoms with Crippen molar-refractivity contribution in [2.24, 2.45) is 5.73 Å². The number of piperidine rings is 1. The molecule has 2 amide bonds. The number of nitrogens with zero attached hydrogens (tertiary/aromatic N) is 1. The average molecular weight is 301 g/mol. The van der Waals surface area contributed by atoms with Crippen LogP contribution >= 0.6 is 11.6 Å². The minimum Gasteiger partial charge on any atom is -0.489 e. The van der Waals surface area contributed by atoms with E-state index in [0.717, 1.165) is 0 Å². The van der Waals surface area contributed by atoms with E-state index in [1.54, 1.807) is 0 Å². The lowest BCUT2D eigenvalue weighted by atomic mass is 10.1. The number of hydrogen-bond donors (Lipinski definition) is 1. The molecule has 0 unspecified atom stereocenters. The van der Waals surface area contributed by atoms with Gasteiger partial charge in [0.25, 0.3) is 0 Å². The summed E-state index contributed by atoms with van der Waals surface area (Å²) in [6.07, 6.45) is 0.892. The SMILES string of the molecule is NC(=O)C(=O)N1CCC(Oc2cc(F)ccc2Cl)CC1. The van der Waals surface area contributed by atoms with Crippen LogP contribution in [-0.4, -0.2) is 35.9 Å². The molecule has 0 bridgehead atoms. The zero-order valence-corrected chi connectivity index (χ0v) is 11.4. The molecule has 1 fully saturated rings. The van der Waals surface area contributed by atoms with Gasteiger partial charge in [0.05, 0.1) is 5.02 Å². The molecular weight excluding hydrogens is 287 g/mol. The molecule has 1 heterocycles. The van der Waals surface area contributed by atoms with Gasteiger partial charge in [0.15, 0.2) is 0 Å². The van der Waals surface area contributed by atoms with Crippen molar-refractivity contribution < 1.29 is 18.7 Å². The second kappa shape index (κ2) is 6.09. The molecule has 0 aliphatic carbocycles. The van der Waals surface area contributed by atoms with Crippen LogP contribution in [0.5, 0.6) is 5.75 Å². The molecule has 7 heteroatoms. The zero-order valence-electron chi connectivity index (χ0n) is 10.6. The van der Waals surface area contributed by atoms with Crippen LogP contribution in [0.15, 0.2) is 18.2 Å². The number of rotatable bonds is 2. The van der Waals surface area contributed by atoms with Crippen LogP contribution in [0.2, 0.25) is 5.02 Å². The van der Waals surface area contributed by atoms with Crippen molar-refractivity contribution in [2.75, 3.05) is 13.1 Å². The van der Waals surface area contributed by atoms with Gasteiger partial charge in [0.2, 0.25) is 0 Å². The third-order valence-electron chi connectivity index (χ3n) is 3.13. The maximum Gasteiger partial charge on any atom is 0.311 e. The third-order valence-corrected chi connectivity index (χ3v) is 3.44. The lowest BCUT2D eigenvalue weighted by Crippen LogP contribution is -2.46. The molecule has 108 valence electrons. The Labute approximate surface area is 120 Å². The molecule has 5 nitrogen and oxygen atoms in total. The van der Waals surface area contributed by atoms with Gasteiger partial charge in [0, 0.05) is 32.0 Å². The lowest BCUT2D eigenvalue weighted by Gasteiger charge is -2.31. The van der Waals surface area contributed by atoms with Crippen LogP contribution in [0, 0.1) is 5.82 Å². The maximum atomic E-state index is 13.1. The predicted octanol–water partition coefficient (Wildman–Crippen LogP) is 1.33. The summed E-state index contributed by atoms with van der Waals surface area (Å²) < 4.78 is 18.7. The van der Waals surface area contributed by atoms with Crippen molar-refractivity contribution in [3.05, 3.63) is 29.0 Å². The van der Waals surface area contributed by atoms with Crippen molar-refractivity contribution in [2.45, 2.75) is 18.9 Å². The topological polar surface area (TPSA) is 72.6 Å². The fraction of sp³-hybridized carbons (Fsp3) is 0.385. The van der Waals surface area contributed by atoms with Gasteiger partial charge in [-0.25, -0.2) is 4.39 Å². The molecule has 1 aliphatic rings. The summed E-state index contributed by atoms with van der Waals surface area (Å²) in [4.78, 5) is 23.6. The van der Waals surface area contributed by atoms with Crippen molar-refractivity contribution in [1.29, 1.82) is 0 Å². The van der Waals surface area contributed by atoms with Crippen molar-refractivity contribution >= 4 is 23.4 Å². The molecule has 1 aliphatic heterocycles. The Morgan fingerprint density at radius 1 is 1.35 bits per heavy atom. The number of primary amides is 1. The molecule has 1 aromatic rings. The Kier molecular flexibility index (Phi) is 4.44. The molecule has 1 aromatic carbocycles. The molecule has 2 rings (SSSR count). The van der Waals surface area contributed by atoms with Gasteiger partial charge in [-0.2, -0.15) is 0 Å². The maximum absolute atomic E-state index is 13.1. The quantitative estimate of drug-likeness (QED) is 0.838. The number of hydrogen-bond acceptors (Lipinski definition) is 3. The average Bonchev–Trinajstić information content (AvgIpc) is 2.43. The molecular formula is C13H14ClFN2O3. The third kappa shape index (κ3) is 3.39. The summed E-state index contributed by atoms with van der Waals surface area (Å²) in [6, 6.07) is 3.91. The molecule has 0 spiro atoms. The number of amides is 2. The Morgan fingerprint density at radius 3 is 2.60 bits per heavy atom. The summed E-state index contributed by atoms with van der Waals surface area (Å²) in [6.45, 7) is 0.749. The fourth-order valence-electron chi connectivity index (χ4n) is 2.08. The largest absolute Gasteiger partial charge is 0.489 e. The Morgan fingerprint density at radius 2 is 2.00 bits per heavy atom. The first kappa shape index (κ1) is 14.6. The zero-order chi connectivity index (χ0) is 14.7. The van der Waals surface area contributed by atoms with Crippen LogP contribution in [0.3, 0.4) is 0 Å². The standard InChI is InChI=1S/C13H14ClFN2O3/c14-10-2-1-8(15)7-11(10)20-9-3-5-17(6-4-9)13(19)12(16)18/h1-2,7,9H,3-6H2,(H2,16,18). The van der Waals surface area contributed by atoms with Gasteiger partial charge in [-0.3, -0.25) is 9.59 Å². The number of likely N-dealkylation sites (tertiary alicyclic amines) is 1. The highest BCUT2D eigenvalue weighted by molar-refractivity contribution is 6.34. The highest BCUT2D eigenvalue weighted by Crippen LogP contribution is 2.28. The fourth-order valence-corrected chi connectivity index (χ4v) is 2.24. The minimum atomic E-state index is -0.961. The normalized spacial score (nSPS) is 16.0. The van der Waals surface area contributed by atoms with Crippen molar-refractivity contribution in [1.82, 2.24) is 4.90 Å². The van der Waals surface area contributed by atoms with Gasteiger partial charge in [-0.05, 0) is 12.1 Å². The number of halogens is 2. The lowest BCUT2D eigenvalue weighted by molar-refractivity contribution is -0.145. The van der Waals surface area contributed by atoms with E-state index in [-0.39, 0.29) is 11.9 Å². The van der Waals surface area contributed by atoms with Crippen molar-refractivity contribution in [3.8, 4) is 5.75 Å². The molecule has 0 atom stereocenters. The second-order valence-electron chi connectivity index (χ2n) is 4.55. The molecule has 0 saturated carbocycles. The van der Waals surface area contributed by atoms with E-state index in [2.05, 4.69) is 0 Å². The van der Waals surface area contributed by atoms with Gasteiger partial charge in [-0.1, -0.05) is 11.6 Å². The monoisotopic (exact) mass is 300 g/mol. The number of carbonyl (C=O) groups excluding carboxylic acids is 2. The first-order chi connectivity index (χ1) is 9.47. The number of ether oxygens (including phenoxy) is 1. The highest BCUT2D eigenvalue weighted by Gasteiger charge is 2.26. The van der Waals surface area contributed by atoms with Crippen LogP contribution in [-0.2, 0) is 9.59 Å². The Bertz CT molecular complexity index is 530. The Balaban J connectivity index is 1.93. The summed E-state index contributed by atoms with van der Waals surface area (Å²) in [5.74, 6) is -1.79. The molecule has 20 heavy (non-hydrogen) atoms. The van der Waals surface area contributed by atoms with E-state index in [0.29, 0.717) is 31.0 Å². The summed E-state index contributed by atoms with van der Waals surface area (Å²) in [5.41, 5.74) is 4.94. The summed E-state index contributed by atoms with van der Waals surface area (Å²) >= 11 is 5.92. The molecule has 0 aromatic heterocycles. The van der Waals surface area contributed by atoms with Crippen LogP contribution < -0.4 is 10.5 Å². The first-order valence-electron chi connectivity index (χ1n) is 6.18. The van der Waals surface area contributed by atoms with Crippen LogP contribution in [0.1, 0.15) is 12.8 Å². The predicted molar refractivity (Wildman–Crippen MR) is 70.8 cm³/mol. The van der Waals surface area contributed by atoms with Gasteiger partial charge < -0.3 is 15.4 Å². The van der Waals surface area contributed by atoms with E-state index in [4.69, 9.17) is 22.1 Å². The second-order valence-corrected chi connectivity index (χ2v) is 4.96. The molecule has 2 N–H and O–H groups in total. The van der Waals surface area contributed by atoms with E-state index in [1.165, 1.54) is 23.1 Å². The van der Waals surface area contributed by atoms with Crippen molar-refractivity contribution in [3.63, 3.8) is 0 Å². The van der Waals surface area contributed by atoms with Crippen LogP contribution in [0.4, 0.5) is 4.39 Å². The Hall–Kier alpha value is -1.82. The summed E-state index contributed by atoms with van der Waals surface area (Å²) in [7, 11) is 0. The van der Waals surface area contributed by atoms with Gasteiger partial charge in [-0.15, -0.1) is 0 Å². The van der Waals surface area contributed by atoms with E-state index < -0.39 is 17.6 Å². The van der Waals surface area contributed by atoms with E-state index in [9.17, 15) is 14.0 Å².